The highest BCUT2D eigenvalue weighted by Gasteiger charge is 2.23. The summed E-state index contributed by atoms with van der Waals surface area (Å²) in [4.78, 5) is 0. The molecule has 0 radical (unpaired) electrons. The van der Waals surface area contributed by atoms with Gasteiger partial charge in [-0.25, -0.2) is 4.39 Å². The minimum absolute atomic E-state index is 0.172. The summed E-state index contributed by atoms with van der Waals surface area (Å²) in [5.41, 5.74) is 7.36. The van der Waals surface area contributed by atoms with Crippen LogP contribution in [0.4, 0.5) is 4.39 Å². The topological polar surface area (TPSA) is 35.2 Å². The van der Waals surface area contributed by atoms with Gasteiger partial charge < -0.3 is 10.5 Å². The van der Waals surface area contributed by atoms with E-state index in [0.29, 0.717) is 12.4 Å². The number of rotatable bonds is 0. The van der Waals surface area contributed by atoms with Crippen molar-refractivity contribution >= 4 is 0 Å². The molecule has 1 heterocycles. The Kier molecular flexibility index (Phi) is 1.54. The molecule has 1 aromatic carbocycles. The molecule has 0 aliphatic carbocycles. The molecule has 1 aromatic rings. The molecule has 0 spiro atoms. The van der Waals surface area contributed by atoms with Crippen LogP contribution in [0.3, 0.4) is 0 Å². The van der Waals surface area contributed by atoms with E-state index in [1.54, 1.807) is 0 Å². The molecule has 0 saturated carbocycles. The second-order valence-corrected chi connectivity index (χ2v) is 3.08. The maximum absolute atomic E-state index is 13.1. The fourth-order valence-electron chi connectivity index (χ4n) is 1.45. The van der Waals surface area contributed by atoms with E-state index < -0.39 is 0 Å². The zero-order chi connectivity index (χ0) is 8.72. The van der Waals surface area contributed by atoms with Crippen LogP contribution in [0.5, 0.6) is 5.75 Å². The van der Waals surface area contributed by atoms with Gasteiger partial charge in [-0.2, -0.15) is 0 Å². The second-order valence-electron chi connectivity index (χ2n) is 3.08. The SMILES string of the molecule is Cc1cc(F)c2c(c1)[C@H](N)CO2. The number of halogens is 1. The third-order valence-corrected chi connectivity index (χ3v) is 2.02. The molecule has 0 fully saturated rings. The smallest absolute Gasteiger partial charge is 0.165 e. The van der Waals surface area contributed by atoms with Crippen LogP contribution < -0.4 is 10.5 Å². The van der Waals surface area contributed by atoms with E-state index in [2.05, 4.69) is 0 Å². The van der Waals surface area contributed by atoms with Gasteiger partial charge in [0.2, 0.25) is 0 Å². The molecule has 2 N–H and O–H groups in total. The summed E-state index contributed by atoms with van der Waals surface area (Å²) in [5, 5.41) is 0. The lowest BCUT2D eigenvalue weighted by Crippen LogP contribution is -2.10. The molecule has 2 nitrogen and oxygen atoms in total. The Morgan fingerprint density at radius 3 is 3.08 bits per heavy atom. The van der Waals surface area contributed by atoms with Crippen molar-refractivity contribution in [1.29, 1.82) is 0 Å². The first-order chi connectivity index (χ1) is 5.68. The second kappa shape index (κ2) is 2.45. The Bertz CT molecular complexity index is 325. The van der Waals surface area contributed by atoms with Gasteiger partial charge in [0.05, 0.1) is 6.04 Å². The largest absolute Gasteiger partial charge is 0.488 e. The number of nitrogens with two attached hydrogens (primary N) is 1. The van der Waals surface area contributed by atoms with E-state index >= 15 is 0 Å². The van der Waals surface area contributed by atoms with E-state index in [9.17, 15) is 4.39 Å². The standard InChI is InChI=1S/C9H10FNO/c1-5-2-6-8(11)4-12-9(6)7(10)3-5/h2-3,8H,4,11H2,1H3/t8-/m1/s1. The van der Waals surface area contributed by atoms with Crippen LogP contribution in [0.2, 0.25) is 0 Å². The molecule has 0 aromatic heterocycles. The van der Waals surface area contributed by atoms with Crippen LogP contribution in [-0.4, -0.2) is 6.61 Å². The third-order valence-electron chi connectivity index (χ3n) is 2.02. The van der Waals surface area contributed by atoms with E-state index in [0.717, 1.165) is 11.1 Å². The summed E-state index contributed by atoms with van der Waals surface area (Å²) in [6.45, 7) is 2.23. The van der Waals surface area contributed by atoms with Crippen LogP contribution in [0.25, 0.3) is 0 Å². The molecule has 0 amide bonds. The number of benzene rings is 1. The van der Waals surface area contributed by atoms with Crippen molar-refractivity contribution in [2.24, 2.45) is 5.73 Å². The summed E-state index contributed by atoms with van der Waals surface area (Å²) < 4.78 is 18.2. The summed E-state index contributed by atoms with van der Waals surface area (Å²) in [6.07, 6.45) is 0. The predicted molar refractivity (Wildman–Crippen MR) is 43.6 cm³/mol. The lowest BCUT2D eigenvalue weighted by molar-refractivity contribution is 0.319. The Labute approximate surface area is 70.1 Å². The molecule has 1 aliphatic heterocycles. The molecule has 1 aliphatic rings. The van der Waals surface area contributed by atoms with Crippen molar-refractivity contribution in [3.63, 3.8) is 0 Å². The quantitative estimate of drug-likeness (QED) is 0.636. The van der Waals surface area contributed by atoms with E-state index in [-0.39, 0.29) is 11.9 Å². The normalized spacial score (nSPS) is 20.4. The number of hydrogen-bond donors (Lipinski definition) is 1. The molecule has 0 saturated heterocycles. The zero-order valence-corrected chi connectivity index (χ0v) is 6.80. The molecule has 1 atom stereocenters. The average Bonchev–Trinajstić information content (AvgIpc) is 2.33. The van der Waals surface area contributed by atoms with Gasteiger partial charge in [-0.3, -0.25) is 0 Å². The molecule has 3 heteroatoms. The summed E-state index contributed by atoms with van der Waals surface area (Å²) in [5.74, 6) is 0.0195. The van der Waals surface area contributed by atoms with Crippen molar-refractivity contribution in [2.45, 2.75) is 13.0 Å². The van der Waals surface area contributed by atoms with Crippen molar-refractivity contribution < 1.29 is 9.13 Å². The zero-order valence-electron chi connectivity index (χ0n) is 6.80. The minimum atomic E-state index is -0.307. The van der Waals surface area contributed by atoms with E-state index in [1.807, 2.05) is 13.0 Å². The van der Waals surface area contributed by atoms with Gasteiger partial charge in [-0.15, -0.1) is 0 Å². The third kappa shape index (κ3) is 0.975. The van der Waals surface area contributed by atoms with Gasteiger partial charge in [-0.1, -0.05) is 6.07 Å². The maximum Gasteiger partial charge on any atom is 0.165 e. The first kappa shape index (κ1) is 7.55. The Morgan fingerprint density at radius 2 is 2.33 bits per heavy atom. The Morgan fingerprint density at radius 1 is 1.58 bits per heavy atom. The van der Waals surface area contributed by atoms with Crippen LogP contribution in [0.15, 0.2) is 12.1 Å². The highest BCUT2D eigenvalue weighted by Crippen LogP contribution is 2.33. The van der Waals surface area contributed by atoms with Crippen molar-refractivity contribution in [3.8, 4) is 5.75 Å². The average molecular weight is 167 g/mol. The number of hydrogen-bond acceptors (Lipinski definition) is 2. The molecule has 0 unspecified atom stereocenters. The monoisotopic (exact) mass is 167 g/mol. The fraction of sp³-hybridized carbons (Fsp3) is 0.333. The van der Waals surface area contributed by atoms with Crippen molar-refractivity contribution in [1.82, 2.24) is 0 Å². The van der Waals surface area contributed by atoms with Gasteiger partial charge in [-0.05, 0) is 18.6 Å². The molecular formula is C9H10FNO. The van der Waals surface area contributed by atoms with Crippen LogP contribution >= 0.6 is 0 Å². The number of fused-ring (bicyclic) bond motifs is 1. The lowest BCUT2D eigenvalue weighted by atomic mass is 10.1. The molecule has 2 rings (SSSR count). The van der Waals surface area contributed by atoms with Crippen LogP contribution in [0.1, 0.15) is 17.2 Å². The Hall–Kier alpha value is -1.09. The highest BCUT2D eigenvalue weighted by molar-refractivity contribution is 5.43. The van der Waals surface area contributed by atoms with Crippen LogP contribution in [0, 0.1) is 12.7 Å². The highest BCUT2D eigenvalue weighted by atomic mass is 19.1. The lowest BCUT2D eigenvalue weighted by Gasteiger charge is -2.02. The predicted octanol–water partition coefficient (Wildman–Crippen LogP) is 1.53. The number of ether oxygens (including phenoxy) is 1. The van der Waals surface area contributed by atoms with Gasteiger partial charge in [0.1, 0.15) is 6.61 Å². The van der Waals surface area contributed by atoms with Crippen LogP contribution in [-0.2, 0) is 0 Å². The van der Waals surface area contributed by atoms with Gasteiger partial charge >= 0.3 is 0 Å². The first-order valence-electron chi connectivity index (χ1n) is 3.87. The summed E-state index contributed by atoms with van der Waals surface area (Å²) >= 11 is 0. The van der Waals surface area contributed by atoms with E-state index in [1.165, 1.54) is 6.07 Å². The maximum atomic E-state index is 13.1. The Balaban J connectivity index is 2.60. The molecule has 0 bridgehead atoms. The molecule has 12 heavy (non-hydrogen) atoms. The van der Waals surface area contributed by atoms with E-state index in [4.69, 9.17) is 10.5 Å². The molecule has 64 valence electrons. The van der Waals surface area contributed by atoms with Gasteiger partial charge in [0.15, 0.2) is 11.6 Å². The fourth-order valence-corrected chi connectivity index (χ4v) is 1.45. The molecular weight excluding hydrogens is 157 g/mol. The minimum Gasteiger partial charge on any atom is -0.488 e. The van der Waals surface area contributed by atoms with Crippen molar-refractivity contribution in [2.75, 3.05) is 6.61 Å². The van der Waals surface area contributed by atoms with Gasteiger partial charge in [0, 0.05) is 5.56 Å². The first-order valence-corrected chi connectivity index (χ1v) is 3.87. The number of aryl methyl sites for hydroxylation is 1. The summed E-state index contributed by atoms with van der Waals surface area (Å²) in [7, 11) is 0. The van der Waals surface area contributed by atoms with Crippen molar-refractivity contribution in [3.05, 3.63) is 29.1 Å². The summed E-state index contributed by atoms with van der Waals surface area (Å²) in [6, 6.07) is 3.15. The van der Waals surface area contributed by atoms with Gasteiger partial charge in [0.25, 0.3) is 0 Å².